The third-order valence-electron chi connectivity index (χ3n) is 2.97. The van der Waals surface area contributed by atoms with Crippen molar-refractivity contribution in [1.29, 1.82) is 0 Å². The summed E-state index contributed by atoms with van der Waals surface area (Å²) in [4.78, 5) is 0. The van der Waals surface area contributed by atoms with Crippen molar-refractivity contribution < 1.29 is 0 Å². The standard InChI is InChI=1S/C13H20S/c1-5-9-11-10(6-2)12(7-3)14-13(11)8-4/h6-8,10-13H,2-5,9H2,1H3. The van der Waals surface area contributed by atoms with E-state index in [1.165, 1.54) is 12.8 Å². The van der Waals surface area contributed by atoms with Crippen LogP contribution in [0.4, 0.5) is 0 Å². The van der Waals surface area contributed by atoms with Crippen LogP contribution in [-0.4, -0.2) is 10.5 Å². The highest BCUT2D eigenvalue weighted by Crippen LogP contribution is 2.46. The van der Waals surface area contributed by atoms with Crippen molar-refractivity contribution in [2.24, 2.45) is 11.8 Å². The molecular formula is C13H20S. The minimum Gasteiger partial charge on any atom is -0.146 e. The molecule has 1 rings (SSSR count). The zero-order chi connectivity index (χ0) is 10.6. The first-order valence-corrected chi connectivity index (χ1v) is 6.25. The molecule has 0 aliphatic carbocycles. The maximum Gasteiger partial charge on any atom is 0.0296 e. The van der Waals surface area contributed by atoms with Gasteiger partial charge in [-0.05, 0) is 18.3 Å². The van der Waals surface area contributed by atoms with E-state index in [9.17, 15) is 0 Å². The molecule has 1 aliphatic heterocycles. The first kappa shape index (κ1) is 11.6. The molecule has 1 heterocycles. The average Bonchev–Trinajstić information content (AvgIpc) is 2.56. The lowest BCUT2D eigenvalue weighted by molar-refractivity contribution is 0.408. The second kappa shape index (κ2) is 5.45. The van der Waals surface area contributed by atoms with E-state index in [-0.39, 0.29) is 0 Å². The summed E-state index contributed by atoms with van der Waals surface area (Å²) in [5.74, 6) is 1.29. The highest BCUT2D eigenvalue weighted by atomic mass is 32.2. The molecule has 0 spiro atoms. The van der Waals surface area contributed by atoms with Gasteiger partial charge >= 0.3 is 0 Å². The highest BCUT2D eigenvalue weighted by molar-refractivity contribution is 8.01. The van der Waals surface area contributed by atoms with Crippen LogP contribution in [0.15, 0.2) is 38.0 Å². The molecule has 0 aromatic heterocycles. The van der Waals surface area contributed by atoms with Crippen LogP contribution in [0.2, 0.25) is 0 Å². The smallest absolute Gasteiger partial charge is 0.0296 e. The van der Waals surface area contributed by atoms with Gasteiger partial charge in [0.2, 0.25) is 0 Å². The van der Waals surface area contributed by atoms with Crippen molar-refractivity contribution in [2.45, 2.75) is 30.3 Å². The molecule has 4 atom stereocenters. The number of hydrogen-bond acceptors (Lipinski definition) is 1. The van der Waals surface area contributed by atoms with Gasteiger partial charge in [-0.15, -0.1) is 31.5 Å². The van der Waals surface area contributed by atoms with E-state index < -0.39 is 0 Å². The van der Waals surface area contributed by atoms with E-state index in [4.69, 9.17) is 0 Å². The fraction of sp³-hybridized carbons (Fsp3) is 0.538. The van der Waals surface area contributed by atoms with Crippen molar-refractivity contribution >= 4 is 11.8 Å². The van der Waals surface area contributed by atoms with Gasteiger partial charge in [0.25, 0.3) is 0 Å². The predicted octanol–water partition coefficient (Wildman–Crippen LogP) is 4.06. The van der Waals surface area contributed by atoms with Gasteiger partial charge in [-0.1, -0.05) is 31.6 Å². The molecule has 78 valence electrons. The van der Waals surface area contributed by atoms with E-state index in [2.05, 4.69) is 44.9 Å². The van der Waals surface area contributed by atoms with Crippen LogP contribution in [0.5, 0.6) is 0 Å². The molecule has 1 saturated heterocycles. The van der Waals surface area contributed by atoms with Crippen LogP contribution in [0.25, 0.3) is 0 Å². The maximum absolute atomic E-state index is 3.95. The molecule has 0 aromatic rings. The summed E-state index contributed by atoms with van der Waals surface area (Å²) in [7, 11) is 0. The summed E-state index contributed by atoms with van der Waals surface area (Å²) >= 11 is 1.98. The molecule has 1 heteroatoms. The quantitative estimate of drug-likeness (QED) is 0.614. The summed E-state index contributed by atoms with van der Waals surface area (Å²) in [5.41, 5.74) is 0. The predicted molar refractivity (Wildman–Crippen MR) is 67.6 cm³/mol. The molecule has 4 unspecified atom stereocenters. The molecular weight excluding hydrogens is 188 g/mol. The fourth-order valence-corrected chi connectivity index (χ4v) is 3.88. The topological polar surface area (TPSA) is 0 Å². The monoisotopic (exact) mass is 208 g/mol. The number of allylic oxidation sites excluding steroid dienone is 1. The van der Waals surface area contributed by atoms with Crippen LogP contribution in [0.1, 0.15) is 19.8 Å². The van der Waals surface area contributed by atoms with E-state index in [0.717, 1.165) is 0 Å². The Morgan fingerprint density at radius 1 is 1.07 bits per heavy atom. The van der Waals surface area contributed by atoms with Gasteiger partial charge in [0, 0.05) is 10.5 Å². The Hall–Kier alpha value is -0.430. The Balaban J connectivity index is 2.79. The molecule has 1 fully saturated rings. The third-order valence-corrected chi connectivity index (χ3v) is 4.65. The van der Waals surface area contributed by atoms with Crippen LogP contribution < -0.4 is 0 Å². The Morgan fingerprint density at radius 2 is 1.71 bits per heavy atom. The van der Waals surface area contributed by atoms with Gasteiger partial charge in [0.05, 0.1) is 0 Å². The SMILES string of the molecule is C=CC1SC(C=C)C(CCC)C1C=C. The molecule has 0 saturated carbocycles. The zero-order valence-corrected chi connectivity index (χ0v) is 9.80. The molecule has 0 amide bonds. The minimum atomic E-state index is 0.534. The summed E-state index contributed by atoms with van der Waals surface area (Å²) < 4.78 is 0. The van der Waals surface area contributed by atoms with Crippen LogP contribution >= 0.6 is 11.8 Å². The first-order valence-electron chi connectivity index (χ1n) is 5.31. The fourth-order valence-electron chi connectivity index (χ4n) is 2.28. The summed E-state index contributed by atoms with van der Waals surface area (Å²) in [6.07, 6.45) is 8.76. The Labute approximate surface area is 92.2 Å². The first-order chi connectivity index (χ1) is 6.78. The molecule has 0 aromatic carbocycles. The summed E-state index contributed by atoms with van der Waals surface area (Å²) in [6, 6.07) is 0. The lowest BCUT2D eigenvalue weighted by Crippen LogP contribution is -2.18. The van der Waals surface area contributed by atoms with Crippen molar-refractivity contribution in [3.63, 3.8) is 0 Å². The van der Waals surface area contributed by atoms with Crippen molar-refractivity contribution in [3.05, 3.63) is 38.0 Å². The number of rotatable bonds is 5. The lowest BCUT2D eigenvalue weighted by atomic mass is 9.84. The highest BCUT2D eigenvalue weighted by Gasteiger charge is 2.38. The average molecular weight is 208 g/mol. The molecule has 1 aliphatic rings. The third kappa shape index (κ3) is 2.14. The zero-order valence-electron chi connectivity index (χ0n) is 8.99. The van der Waals surface area contributed by atoms with E-state index in [0.29, 0.717) is 22.3 Å². The molecule has 0 bridgehead atoms. The van der Waals surface area contributed by atoms with E-state index >= 15 is 0 Å². The van der Waals surface area contributed by atoms with Crippen molar-refractivity contribution in [1.82, 2.24) is 0 Å². The minimum absolute atomic E-state index is 0.534. The van der Waals surface area contributed by atoms with Crippen molar-refractivity contribution in [2.75, 3.05) is 0 Å². The number of hydrogen-bond donors (Lipinski definition) is 0. The van der Waals surface area contributed by atoms with Crippen molar-refractivity contribution in [3.8, 4) is 0 Å². The Morgan fingerprint density at radius 3 is 2.14 bits per heavy atom. The van der Waals surface area contributed by atoms with Gasteiger partial charge < -0.3 is 0 Å². The largest absolute Gasteiger partial charge is 0.146 e. The normalized spacial score (nSPS) is 36.6. The second-order valence-corrected chi connectivity index (χ2v) is 5.16. The Bertz CT molecular complexity index is 219. The second-order valence-electron chi connectivity index (χ2n) is 3.80. The molecule has 14 heavy (non-hydrogen) atoms. The van der Waals surface area contributed by atoms with Gasteiger partial charge in [-0.3, -0.25) is 0 Å². The van der Waals surface area contributed by atoms with Gasteiger partial charge in [0.1, 0.15) is 0 Å². The van der Waals surface area contributed by atoms with Crippen LogP contribution in [-0.2, 0) is 0 Å². The van der Waals surface area contributed by atoms with E-state index in [1.807, 2.05) is 11.8 Å². The van der Waals surface area contributed by atoms with Gasteiger partial charge in [0.15, 0.2) is 0 Å². The van der Waals surface area contributed by atoms with Crippen LogP contribution in [0, 0.1) is 11.8 Å². The maximum atomic E-state index is 3.95. The molecule has 0 N–H and O–H groups in total. The Kier molecular flexibility index (Phi) is 4.53. The van der Waals surface area contributed by atoms with E-state index in [1.54, 1.807) is 0 Å². The van der Waals surface area contributed by atoms with Crippen LogP contribution in [0.3, 0.4) is 0 Å². The summed E-state index contributed by atoms with van der Waals surface area (Å²) in [5, 5.41) is 1.12. The molecule has 0 radical (unpaired) electrons. The van der Waals surface area contributed by atoms with Gasteiger partial charge in [-0.2, -0.15) is 0 Å². The summed E-state index contributed by atoms with van der Waals surface area (Å²) in [6.45, 7) is 14.0. The van der Waals surface area contributed by atoms with Gasteiger partial charge in [-0.25, -0.2) is 0 Å². The lowest BCUT2D eigenvalue weighted by Gasteiger charge is -2.19. The molecule has 0 nitrogen and oxygen atoms in total. The number of thioether (sulfide) groups is 1.